The molecule has 0 saturated carbocycles. The van der Waals surface area contributed by atoms with E-state index in [9.17, 15) is 0 Å². The van der Waals surface area contributed by atoms with E-state index in [1.165, 1.54) is 0 Å². The van der Waals surface area contributed by atoms with Gasteiger partial charge in [-0.05, 0) is 36.2 Å². The van der Waals surface area contributed by atoms with Crippen LogP contribution in [0.25, 0.3) is 0 Å². The van der Waals surface area contributed by atoms with Gasteiger partial charge < -0.3 is 9.64 Å². The van der Waals surface area contributed by atoms with Crippen molar-refractivity contribution >= 4 is 28.9 Å². The van der Waals surface area contributed by atoms with Crippen LogP contribution in [0.2, 0.25) is 10.0 Å². The Hall–Kier alpha value is -1.77. The molecule has 1 heterocycles. The summed E-state index contributed by atoms with van der Waals surface area (Å²) in [5.41, 5.74) is 2.58. The van der Waals surface area contributed by atoms with Gasteiger partial charge in [-0.1, -0.05) is 41.4 Å². The van der Waals surface area contributed by atoms with Crippen LogP contribution in [0.15, 0.2) is 42.5 Å². The molecule has 3 rings (SSSR count). The second-order valence-corrected chi connectivity index (χ2v) is 7.55. The van der Waals surface area contributed by atoms with Gasteiger partial charge in [0.1, 0.15) is 6.07 Å². The summed E-state index contributed by atoms with van der Waals surface area (Å²) >= 11 is 12.7. The quantitative estimate of drug-likeness (QED) is 0.677. The van der Waals surface area contributed by atoms with Crippen molar-refractivity contribution in [3.63, 3.8) is 0 Å². The molecule has 0 N–H and O–H groups in total. The Morgan fingerprint density at radius 1 is 1.22 bits per heavy atom. The van der Waals surface area contributed by atoms with Gasteiger partial charge in [0.2, 0.25) is 0 Å². The zero-order valence-electron chi connectivity index (χ0n) is 15.4. The first-order chi connectivity index (χ1) is 13.1. The van der Waals surface area contributed by atoms with Gasteiger partial charge in [0.15, 0.2) is 0 Å². The van der Waals surface area contributed by atoms with E-state index < -0.39 is 0 Å². The maximum Gasteiger partial charge on any atom is 0.101 e. The Morgan fingerprint density at radius 3 is 2.74 bits per heavy atom. The van der Waals surface area contributed by atoms with E-state index in [4.69, 9.17) is 33.2 Å². The minimum absolute atomic E-state index is 0.349. The van der Waals surface area contributed by atoms with E-state index in [-0.39, 0.29) is 0 Å². The molecule has 0 amide bonds. The molecule has 0 aromatic heterocycles. The summed E-state index contributed by atoms with van der Waals surface area (Å²) in [7, 11) is 1.73. The highest BCUT2D eigenvalue weighted by atomic mass is 35.5. The van der Waals surface area contributed by atoms with Gasteiger partial charge in [0.25, 0.3) is 0 Å². The third kappa shape index (κ3) is 4.94. The summed E-state index contributed by atoms with van der Waals surface area (Å²) in [5.74, 6) is 0. The Labute approximate surface area is 170 Å². The minimum atomic E-state index is 0.349. The maximum absolute atomic E-state index is 9.16. The number of anilines is 1. The number of halogens is 2. The van der Waals surface area contributed by atoms with Gasteiger partial charge >= 0.3 is 0 Å². The van der Waals surface area contributed by atoms with E-state index in [0.717, 1.165) is 48.9 Å². The lowest BCUT2D eigenvalue weighted by molar-refractivity contribution is 0.160. The highest BCUT2D eigenvalue weighted by Gasteiger charge is 2.28. The molecule has 0 bridgehead atoms. The zero-order chi connectivity index (χ0) is 19.2. The van der Waals surface area contributed by atoms with Crippen LogP contribution >= 0.6 is 23.2 Å². The van der Waals surface area contributed by atoms with Crippen molar-refractivity contribution in [2.45, 2.75) is 19.0 Å². The fraction of sp³-hybridized carbons (Fsp3) is 0.381. The molecule has 1 fully saturated rings. The fourth-order valence-electron chi connectivity index (χ4n) is 3.50. The molecule has 0 aliphatic carbocycles. The third-order valence-corrected chi connectivity index (χ3v) is 5.68. The molecule has 2 aromatic rings. The second kappa shape index (κ2) is 9.43. The number of likely N-dealkylation sites (tertiary alicyclic amines) is 1. The summed E-state index contributed by atoms with van der Waals surface area (Å²) in [5, 5.41) is 10.4. The summed E-state index contributed by atoms with van der Waals surface area (Å²) < 4.78 is 5.22. The Morgan fingerprint density at radius 2 is 2.04 bits per heavy atom. The lowest BCUT2D eigenvalue weighted by atomic mass is 10.1. The molecule has 27 heavy (non-hydrogen) atoms. The molecular formula is C21H23Cl2N3O. The van der Waals surface area contributed by atoms with E-state index in [1.807, 2.05) is 30.3 Å². The molecule has 6 heteroatoms. The summed E-state index contributed by atoms with van der Waals surface area (Å²) in [6.07, 6.45) is 1.06. The Balaban J connectivity index is 1.86. The first kappa shape index (κ1) is 20.0. The fourth-order valence-corrected chi connectivity index (χ4v) is 3.92. The van der Waals surface area contributed by atoms with Gasteiger partial charge in [-0.2, -0.15) is 5.26 Å². The number of hydrogen-bond donors (Lipinski definition) is 0. The molecule has 0 spiro atoms. The number of benzene rings is 2. The normalized spacial score (nSPS) is 17.0. The molecule has 1 saturated heterocycles. The average molecular weight is 404 g/mol. The van der Waals surface area contributed by atoms with E-state index in [2.05, 4.69) is 21.9 Å². The largest absolute Gasteiger partial charge is 0.383 e. The summed E-state index contributed by atoms with van der Waals surface area (Å²) in [6.45, 7) is 4.37. The van der Waals surface area contributed by atoms with Crippen molar-refractivity contribution < 1.29 is 4.74 Å². The van der Waals surface area contributed by atoms with Crippen molar-refractivity contribution in [1.29, 1.82) is 5.26 Å². The van der Waals surface area contributed by atoms with Crippen LogP contribution in [0, 0.1) is 11.3 Å². The molecule has 2 aromatic carbocycles. The second-order valence-electron chi connectivity index (χ2n) is 6.73. The van der Waals surface area contributed by atoms with Gasteiger partial charge in [0.05, 0.1) is 17.2 Å². The van der Waals surface area contributed by atoms with Gasteiger partial charge in [-0.25, -0.2) is 0 Å². The topological polar surface area (TPSA) is 39.5 Å². The molecular weight excluding hydrogens is 381 g/mol. The van der Waals surface area contributed by atoms with Gasteiger partial charge in [-0.3, -0.25) is 4.90 Å². The standard InChI is InChI=1S/C21H23Cl2N3O/c1-27-11-10-25-9-8-19(15-25)26(14-17-4-2-3-5-20(17)22)18-7-6-16(13-24)21(23)12-18/h2-7,12,19H,8-11,14-15H2,1H3/t19-/m0/s1. The smallest absolute Gasteiger partial charge is 0.101 e. The molecule has 1 aliphatic rings. The monoisotopic (exact) mass is 403 g/mol. The van der Waals surface area contributed by atoms with Crippen molar-refractivity contribution in [2.24, 2.45) is 0 Å². The number of hydrogen-bond acceptors (Lipinski definition) is 4. The summed E-state index contributed by atoms with van der Waals surface area (Å²) in [4.78, 5) is 4.76. The van der Waals surface area contributed by atoms with Crippen molar-refractivity contribution in [3.8, 4) is 6.07 Å². The number of rotatable bonds is 7. The molecule has 1 atom stereocenters. The van der Waals surface area contributed by atoms with Crippen molar-refractivity contribution in [3.05, 3.63) is 63.6 Å². The highest BCUT2D eigenvalue weighted by Crippen LogP contribution is 2.30. The van der Waals surface area contributed by atoms with Crippen LogP contribution in [-0.4, -0.2) is 44.3 Å². The first-order valence-electron chi connectivity index (χ1n) is 9.03. The van der Waals surface area contributed by atoms with E-state index in [1.54, 1.807) is 13.2 Å². The molecule has 0 radical (unpaired) electrons. The van der Waals surface area contributed by atoms with Crippen molar-refractivity contribution in [1.82, 2.24) is 4.90 Å². The van der Waals surface area contributed by atoms with Crippen LogP contribution in [0.3, 0.4) is 0 Å². The van der Waals surface area contributed by atoms with Gasteiger partial charge in [0, 0.05) is 50.0 Å². The Bertz CT molecular complexity index is 821. The SMILES string of the molecule is COCCN1CC[C@H](N(Cc2ccccc2Cl)c2ccc(C#N)c(Cl)c2)C1. The van der Waals surface area contributed by atoms with E-state index in [0.29, 0.717) is 23.2 Å². The third-order valence-electron chi connectivity index (χ3n) is 5.00. The predicted molar refractivity (Wildman–Crippen MR) is 111 cm³/mol. The molecule has 4 nitrogen and oxygen atoms in total. The van der Waals surface area contributed by atoms with Crippen LogP contribution in [0.1, 0.15) is 17.5 Å². The zero-order valence-corrected chi connectivity index (χ0v) is 16.9. The lowest BCUT2D eigenvalue weighted by Crippen LogP contribution is -2.38. The average Bonchev–Trinajstić information content (AvgIpc) is 3.14. The first-order valence-corrected chi connectivity index (χ1v) is 9.79. The van der Waals surface area contributed by atoms with Crippen molar-refractivity contribution in [2.75, 3.05) is 38.3 Å². The van der Waals surface area contributed by atoms with Crippen LogP contribution in [0.4, 0.5) is 5.69 Å². The van der Waals surface area contributed by atoms with Crippen LogP contribution in [-0.2, 0) is 11.3 Å². The lowest BCUT2D eigenvalue weighted by Gasteiger charge is -2.32. The molecule has 0 unspecified atom stereocenters. The predicted octanol–water partition coefficient (Wildman–Crippen LogP) is 4.59. The minimum Gasteiger partial charge on any atom is -0.383 e. The molecule has 1 aliphatic heterocycles. The van der Waals surface area contributed by atoms with Crippen LogP contribution < -0.4 is 4.90 Å². The molecule has 142 valence electrons. The maximum atomic E-state index is 9.16. The van der Waals surface area contributed by atoms with E-state index >= 15 is 0 Å². The number of methoxy groups -OCH3 is 1. The summed E-state index contributed by atoms with van der Waals surface area (Å²) in [6, 6.07) is 16.0. The van der Waals surface area contributed by atoms with Crippen LogP contribution in [0.5, 0.6) is 0 Å². The van der Waals surface area contributed by atoms with Gasteiger partial charge in [-0.15, -0.1) is 0 Å². The number of nitriles is 1. The number of ether oxygens (including phenoxy) is 1. The highest BCUT2D eigenvalue weighted by molar-refractivity contribution is 6.32. The Kier molecular flexibility index (Phi) is 6.98. The number of nitrogens with zero attached hydrogens (tertiary/aromatic N) is 3.